The van der Waals surface area contributed by atoms with E-state index in [1.807, 2.05) is 0 Å². The third-order valence-electron chi connectivity index (χ3n) is 6.63. The zero-order valence-electron chi connectivity index (χ0n) is 19.0. The Hall–Kier alpha value is -2.36. The lowest BCUT2D eigenvalue weighted by molar-refractivity contribution is -0.136. The monoisotopic (exact) mass is 461 g/mol. The summed E-state index contributed by atoms with van der Waals surface area (Å²) in [7, 11) is 0. The van der Waals surface area contributed by atoms with Gasteiger partial charge < -0.3 is 19.7 Å². The number of nitrogens with zero attached hydrogens (tertiary/aromatic N) is 1. The Bertz CT molecular complexity index is 880. The second kappa shape index (κ2) is 10.7. The lowest BCUT2D eigenvalue weighted by Gasteiger charge is -2.30. The van der Waals surface area contributed by atoms with Crippen LogP contribution in [0.1, 0.15) is 60.0 Å². The van der Waals surface area contributed by atoms with E-state index >= 15 is 0 Å². The fraction of sp³-hybridized carbons (Fsp3) is 0.625. The summed E-state index contributed by atoms with van der Waals surface area (Å²) >= 11 is 0. The number of hydrogen-bond acceptors (Lipinski definition) is 6. The summed E-state index contributed by atoms with van der Waals surface area (Å²) in [6, 6.07) is 3.58. The number of piperidine rings is 1. The van der Waals surface area contributed by atoms with Gasteiger partial charge in [-0.2, -0.15) is 0 Å². The minimum absolute atomic E-state index is 0.0773. The summed E-state index contributed by atoms with van der Waals surface area (Å²) in [5.74, 6) is -1.57. The molecule has 1 aromatic rings. The molecule has 5 rings (SSSR count). The molecule has 2 N–H and O–H groups in total. The van der Waals surface area contributed by atoms with Crippen molar-refractivity contribution < 1.29 is 28.2 Å². The van der Waals surface area contributed by atoms with E-state index in [1.165, 1.54) is 30.6 Å². The number of carbonyl (C=O) groups excluding carboxylic acids is 3. The highest BCUT2D eigenvalue weighted by Gasteiger charge is 2.40. The Morgan fingerprint density at radius 3 is 2.27 bits per heavy atom. The van der Waals surface area contributed by atoms with Crippen LogP contribution in [0.15, 0.2) is 12.1 Å². The Balaban J connectivity index is 0.000000172. The molecule has 3 amide bonds. The molecule has 9 heteroatoms. The van der Waals surface area contributed by atoms with E-state index in [0.717, 1.165) is 26.4 Å². The summed E-state index contributed by atoms with van der Waals surface area (Å²) in [6.07, 6.45) is 5.40. The van der Waals surface area contributed by atoms with Crippen LogP contribution in [0.25, 0.3) is 0 Å². The number of hydrogen-bond donors (Lipinski definition) is 2. The van der Waals surface area contributed by atoms with Gasteiger partial charge in [-0.05, 0) is 50.7 Å². The number of amides is 3. The van der Waals surface area contributed by atoms with E-state index in [9.17, 15) is 18.8 Å². The quantitative estimate of drug-likeness (QED) is 0.667. The summed E-state index contributed by atoms with van der Waals surface area (Å²) in [5.41, 5.74) is 1.11. The zero-order chi connectivity index (χ0) is 23.4. The van der Waals surface area contributed by atoms with Gasteiger partial charge >= 0.3 is 0 Å². The van der Waals surface area contributed by atoms with Crippen molar-refractivity contribution in [2.24, 2.45) is 0 Å². The fourth-order valence-electron chi connectivity index (χ4n) is 4.80. The third kappa shape index (κ3) is 5.59. The van der Waals surface area contributed by atoms with Crippen LogP contribution >= 0.6 is 0 Å². The van der Waals surface area contributed by atoms with Gasteiger partial charge in [0.25, 0.3) is 5.91 Å². The molecule has 0 saturated carbocycles. The molecule has 0 radical (unpaired) electrons. The van der Waals surface area contributed by atoms with Crippen molar-refractivity contribution >= 4 is 17.7 Å². The van der Waals surface area contributed by atoms with Crippen LogP contribution in [0.2, 0.25) is 0 Å². The molecular weight excluding hydrogens is 429 g/mol. The standard InChI is InChI=1S/C14H13FN2O3.C10H19NO2/c1-7-2-3-8-9(12(7)15)6-17(14(8)20)10-4-5-11(18)16-13(10)19;1-3-9(7-12-5-1)11-10-4-2-6-13-8-10/h2-3,10H,4-6H2,1H3,(H,16,18,19);9-11H,1-8H2. The maximum atomic E-state index is 14.0. The van der Waals surface area contributed by atoms with Crippen LogP contribution in [-0.2, 0) is 25.6 Å². The van der Waals surface area contributed by atoms with E-state index in [4.69, 9.17) is 9.47 Å². The first kappa shape index (κ1) is 23.8. The number of rotatable bonds is 3. The van der Waals surface area contributed by atoms with Crippen molar-refractivity contribution in [2.45, 2.75) is 70.1 Å². The van der Waals surface area contributed by atoms with Gasteiger partial charge in [-0.25, -0.2) is 4.39 Å². The van der Waals surface area contributed by atoms with Gasteiger partial charge in [0.05, 0.1) is 19.8 Å². The molecule has 8 nitrogen and oxygen atoms in total. The largest absolute Gasteiger partial charge is 0.380 e. The van der Waals surface area contributed by atoms with Crippen LogP contribution in [-0.4, -0.2) is 67.2 Å². The lowest BCUT2D eigenvalue weighted by Crippen LogP contribution is -2.52. The molecule has 3 fully saturated rings. The Morgan fingerprint density at radius 2 is 1.70 bits per heavy atom. The molecule has 4 aliphatic heterocycles. The lowest BCUT2D eigenvalue weighted by atomic mass is 10.0. The third-order valence-corrected chi connectivity index (χ3v) is 6.63. The molecule has 4 aliphatic rings. The average molecular weight is 462 g/mol. The maximum Gasteiger partial charge on any atom is 0.255 e. The van der Waals surface area contributed by atoms with Gasteiger partial charge in [-0.3, -0.25) is 19.7 Å². The van der Waals surface area contributed by atoms with Crippen molar-refractivity contribution in [1.82, 2.24) is 15.5 Å². The van der Waals surface area contributed by atoms with E-state index in [0.29, 0.717) is 28.8 Å². The smallest absolute Gasteiger partial charge is 0.255 e. The number of halogens is 1. The summed E-state index contributed by atoms with van der Waals surface area (Å²) in [6.45, 7) is 5.37. The predicted molar refractivity (Wildman–Crippen MR) is 118 cm³/mol. The molecular formula is C24H32FN3O5. The van der Waals surface area contributed by atoms with Crippen LogP contribution in [0, 0.1) is 12.7 Å². The fourth-order valence-corrected chi connectivity index (χ4v) is 4.80. The van der Waals surface area contributed by atoms with E-state index < -0.39 is 17.8 Å². The van der Waals surface area contributed by atoms with E-state index in [-0.39, 0.29) is 31.2 Å². The van der Waals surface area contributed by atoms with Crippen LogP contribution in [0.5, 0.6) is 0 Å². The minimum atomic E-state index is -0.702. The first-order valence-electron chi connectivity index (χ1n) is 11.8. The highest BCUT2D eigenvalue weighted by molar-refractivity contribution is 6.05. The average Bonchev–Trinajstić information content (AvgIpc) is 3.15. The van der Waals surface area contributed by atoms with Crippen molar-refractivity contribution in [1.29, 1.82) is 0 Å². The molecule has 3 saturated heterocycles. The second-order valence-corrected chi connectivity index (χ2v) is 9.12. The van der Waals surface area contributed by atoms with Crippen molar-refractivity contribution in [3.63, 3.8) is 0 Å². The SMILES string of the molecule is C1COCC(NC2CCCOC2)C1.Cc1ccc2c(c1F)CN(C1CCC(=O)NC1=O)C2=O. The Kier molecular flexibility index (Phi) is 7.72. The van der Waals surface area contributed by atoms with Gasteiger partial charge in [0.15, 0.2) is 0 Å². The first-order valence-corrected chi connectivity index (χ1v) is 11.8. The van der Waals surface area contributed by atoms with Gasteiger partial charge in [0.2, 0.25) is 11.8 Å². The topological polar surface area (TPSA) is 97.0 Å². The number of ether oxygens (including phenoxy) is 2. The molecule has 0 bridgehead atoms. The van der Waals surface area contributed by atoms with Crippen molar-refractivity contribution in [3.8, 4) is 0 Å². The van der Waals surface area contributed by atoms with Crippen LogP contribution in [0.4, 0.5) is 4.39 Å². The molecule has 3 atom stereocenters. The van der Waals surface area contributed by atoms with Gasteiger partial charge in [0, 0.05) is 42.8 Å². The molecule has 180 valence electrons. The van der Waals surface area contributed by atoms with Gasteiger partial charge in [0.1, 0.15) is 11.9 Å². The van der Waals surface area contributed by atoms with Gasteiger partial charge in [-0.15, -0.1) is 0 Å². The number of fused-ring (bicyclic) bond motifs is 1. The predicted octanol–water partition coefficient (Wildman–Crippen LogP) is 1.83. The molecule has 0 aliphatic carbocycles. The number of benzene rings is 1. The summed E-state index contributed by atoms with van der Waals surface area (Å²) < 4.78 is 24.9. The number of imide groups is 1. The number of nitrogens with one attached hydrogen (secondary N) is 2. The van der Waals surface area contributed by atoms with Crippen molar-refractivity contribution in [3.05, 3.63) is 34.6 Å². The number of carbonyl (C=O) groups is 3. The second-order valence-electron chi connectivity index (χ2n) is 9.12. The molecule has 0 aromatic heterocycles. The maximum absolute atomic E-state index is 14.0. The first-order chi connectivity index (χ1) is 15.9. The van der Waals surface area contributed by atoms with E-state index in [1.54, 1.807) is 19.1 Å². The van der Waals surface area contributed by atoms with Gasteiger partial charge in [-0.1, -0.05) is 6.07 Å². The highest BCUT2D eigenvalue weighted by Crippen LogP contribution is 2.30. The highest BCUT2D eigenvalue weighted by atomic mass is 19.1. The molecule has 3 unspecified atom stereocenters. The zero-order valence-corrected chi connectivity index (χ0v) is 19.0. The molecule has 4 heterocycles. The van der Waals surface area contributed by atoms with E-state index in [2.05, 4.69) is 10.6 Å². The van der Waals surface area contributed by atoms with Crippen LogP contribution < -0.4 is 10.6 Å². The Labute approximate surface area is 193 Å². The van der Waals surface area contributed by atoms with Crippen LogP contribution in [0.3, 0.4) is 0 Å². The number of aryl methyl sites for hydroxylation is 1. The normalized spacial score (nSPS) is 27.5. The molecule has 0 spiro atoms. The summed E-state index contributed by atoms with van der Waals surface area (Å²) in [4.78, 5) is 36.6. The van der Waals surface area contributed by atoms with Crippen molar-refractivity contribution in [2.75, 3.05) is 26.4 Å². The minimum Gasteiger partial charge on any atom is -0.380 e. The molecule has 33 heavy (non-hydrogen) atoms. The Morgan fingerprint density at radius 1 is 1.03 bits per heavy atom. The summed E-state index contributed by atoms with van der Waals surface area (Å²) in [5, 5.41) is 5.82. The molecule has 1 aromatic carbocycles.